The molecule has 1 heterocycles. The van der Waals surface area contributed by atoms with E-state index in [2.05, 4.69) is 17.2 Å². The maximum absolute atomic E-state index is 6.00. The fraction of sp³-hybridized carbons (Fsp3) is 0.500. The van der Waals surface area contributed by atoms with E-state index >= 15 is 0 Å². The average molecular weight is 258 g/mol. The standard InChI is InChI=1S/C16H22N2O/c17-10-3-1-2-5-14-6-4-7-16(13-14)19-15-8-11-18-12-9-15/h4,6-7,13,15,18H,1,3,8-12,17H2. The smallest absolute Gasteiger partial charge is 0.120 e. The molecule has 3 N–H and O–H groups in total. The highest BCUT2D eigenvalue weighted by atomic mass is 16.5. The van der Waals surface area contributed by atoms with E-state index in [1.54, 1.807) is 0 Å². The summed E-state index contributed by atoms with van der Waals surface area (Å²) >= 11 is 0. The number of nitrogens with one attached hydrogen (secondary N) is 1. The first-order valence-corrected chi connectivity index (χ1v) is 7.05. The summed E-state index contributed by atoms with van der Waals surface area (Å²) in [6.45, 7) is 2.79. The number of hydrogen-bond donors (Lipinski definition) is 2. The van der Waals surface area contributed by atoms with Crippen LogP contribution in [0.3, 0.4) is 0 Å². The van der Waals surface area contributed by atoms with E-state index in [0.29, 0.717) is 12.6 Å². The highest BCUT2D eigenvalue weighted by Crippen LogP contribution is 2.17. The predicted octanol–water partition coefficient (Wildman–Crippen LogP) is 1.91. The van der Waals surface area contributed by atoms with E-state index in [-0.39, 0.29) is 0 Å². The Kier molecular flexibility index (Phi) is 5.74. The SMILES string of the molecule is NCCCC#Cc1cccc(OC2CCNCC2)c1. The van der Waals surface area contributed by atoms with Gasteiger partial charge >= 0.3 is 0 Å². The lowest BCUT2D eigenvalue weighted by molar-refractivity contribution is 0.162. The minimum absolute atomic E-state index is 0.335. The topological polar surface area (TPSA) is 47.3 Å². The second-order valence-corrected chi connectivity index (χ2v) is 4.79. The van der Waals surface area contributed by atoms with Crippen molar-refractivity contribution in [3.8, 4) is 17.6 Å². The Labute approximate surface area is 115 Å². The fourth-order valence-electron chi connectivity index (χ4n) is 2.11. The highest BCUT2D eigenvalue weighted by Gasteiger charge is 2.14. The molecule has 0 bridgehead atoms. The third-order valence-corrected chi connectivity index (χ3v) is 3.16. The first-order valence-electron chi connectivity index (χ1n) is 7.05. The molecule has 1 aliphatic rings. The molecular weight excluding hydrogens is 236 g/mol. The fourth-order valence-corrected chi connectivity index (χ4v) is 2.11. The predicted molar refractivity (Wildman–Crippen MR) is 78.1 cm³/mol. The van der Waals surface area contributed by atoms with Crippen LogP contribution < -0.4 is 15.8 Å². The molecule has 1 aromatic rings. The van der Waals surface area contributed by atoms with E-state index in [9.17, 15) is 0 Å². The average Bonchev–Trinajstić information content (AvgIpc) is 2.45. The van der Waals surface area contributed by atoms with Gasteiger partial charge in [0.25, 0.3) is 0 Å². The maximum atomic E-state index is 6.00. The Morgan fingerprint density at radius 3 is 2.95 bits per heavy atom. The summed E-state index contributed by atoms with van der Waals surface area (Å²) in [7, 11) is 0. The first-order chi connectivity index (χ1) is 9.38. The number of ether oxygens (including phenoxy) is 1. The van der Waals surface area contributed by atoms with Gasteiger partial charge in [-0.1, -0.05) is 17.9 Å². The van der Waals surface area contributed by atoms with Crippen LogP contribution in [0.2, 0.25) is 0 Å². The van der Waals surface area contributed by atoms with Gasteiger partial charge in [0.2, 0.25) is 0 Å². The maximum Gasteiger partial charge on any atom is 0.120 e. The molecule has 0 aliphatic carbocycles. The molecule has 0 atom stereocenters. The Balaban J connectivity index is 1.91. The number of benzene rings is 1. The van der Waals surface area contributed by atoms with Gasteiger partial charge in [-0.15, -0.1) is 0 Å². The lowest BCUT2D eigenvalue weighted by Crippen LogP contribution is -2.34. The first kappa shape index (κ1) is 13.9. The van der Waals surface area contributed by atoms with Gasteiger partial charge < -0.3 is 15.8 Å². The van der Waals surface area contributed by atoms with Crippen LogP contribution in [0.1, 0.15) is 31.2 Å². The van der Waals surface area contributed by atoms with Crippen LogP contribution in [0, 0.1) is 11.8 Å². The van der Waals surface area contributed by atoms with E-state index in [0.717, 1.165) is 50.1 Å². The van der Waals surface area contributed by atoms with Crippen molar-refractivity contribution in [3.05, 3.63) is 29.8 Å². The van der Waals surface area contributed by atoms with Crippen LogP contribution in [0.5, 0.6) is 5.75 Å². The lowest BCUT2D eigenvalue weighted by Gasteiger charge is -2.23. The van der Waals surface area contributed by atoms with Crippen LogP contribution in [-0.4, -0.2) is 25.7 Å². The summed E-state index contributed by atoms with van der Waals surface area (Å²) < 4.78 is 6.00. The molecule has 1 aliphatic heterocycles. The molecule has 0 amide bonds. The van der Waals surface area contributed by atoms with Crippen molar-refractivity contribution >= 4 is 0 Å². The minimum Gasteiger partial charge on any atom is -0.490 e. The van der Waals surface area contributed by atoms with Gasteiger partial charge in [-0.2, -0.15) is 0 Å². The van der Waals surface area contributed by atoms with Gasteiger partial charge in [-0.25, -0.2) is 0 Å². The molecule has 0 spiro atoms. The molecule has 3 nitrogen and oxygen atoms in total. The Hall–Kier alpha value is -1.50. The highest BCUT2D eigenvalue weighted by molar-refractivity contribution is 5.39. The van der Waals surface area contributed by atoms with E-state index < -0.39 is 0 Å². The molecule has 19 heavy (non-hydrogen) atoms. The van der Waals surface area contributed by atoms with Crippen LogP contribution in [0.4, 0.5) is 0 Å². The monoisotopic (exact) mass is 258 g/mol. The van der Waals surface area contributed by atoms with Crippen molar-refractivity contribution in [3.63, 3.8) is 0 Å². The van der Waals surface area contributed by atoms with Crippen LogP contribution in [-0.2, 0) is 0 Å². The zero-order valence-electron chi connectivity index (χ0n) is 11.3. The van der Waals surface area contributed by atoms with Crippen molar-refractivity contribution in [1.82, 2.24) is 5.32 Å². The Morgan fingerprint density at radius 2 is 2.16 bits per heavy atom. The summed E-state index contributed by atoms with van der Waals surface area (Å²) in [5.74, 6) is 7.23. The van der Waals surface area contributed by atoms with Gasteiger partial charge in [0.1, 0.15) is 11.9 Å². The van der Waals surface area contributed by atoms with Crippen LogP contribution in [0.15, 0.2) is 24.3 Å². The largest absolute Gasteiger partial charge is 0.490 e. The molecule has 1 saturated heterocycles. The van der Waals surface area contributed by atoms with E-state index in [1.807, 2.05) is 24.3 Å². The molecule has 0 radical (unpaired) electrons. The molecule has 0 aromatic heterocycles. The van der Waals surface area contributed by atoms with E-state index in [1.165, 1.54) is 0 Å². The van der Waals surface area contributed by atoms with Gasteiger partial charge in [0, 0.05) is 12.0 Å². The second kappa shape index (κ2) is 7.83. The van der Waals surface area contributed by atoms with Crippen molar-refractivity contribution in [2.45, 2.75) is 31.8 Å². The molecular formula is C16H22N2O. The van der Waals surface area contributed by atoms with Crippen LogP contribution in [0.25, 0.3) is 0 Å². The quantitative estimate of drug-likeness (QED) is 0.640. The molecule has 3 heteroatoms. The number of unbranched alkanes of at least 4 members (excludes halogenated alkanes) is 1. The number of hydrogen-bond acceptors (Lipinski definition) is 3. The lowest BCUT2D eigenvalue weighted by atomic mass is 10.1. The number of piperidine rings is 1. The third kappa shape index (κ3) is 4.94. The molecule has 2 rings (SSSR count). The molecule has 1 aromatic carbocycles. The summed E-state index contributed by atoms with van der Waals surface area (Å²) in [5.41, 5.74) is 6.46. The van der Waals surface area contributed by atoms with Crippen molar-refractivity contribution < 1.29 is 4.74 Å². The summed E-state index contributed by atoms with van der Waals surface area (Å²) in [5, 5.41) is 3.34. The summed E-state index contributed by atoms with van der Waals surface area (Å²) in [6, 6.07) is 8.05. The van der Waals surface area contributed by atoms with Gasteiger partial charge in [-0.05, 0) is 57.1 Å². The van der Waals surface area contributed by atoms with Crippen molar-refractivity contribution in [2.75, 3.05) is 19.6 Å². The van der Waals surface area contributed by atoms with Gasteiger partial charge in [-0.3, -0.25) is 0 Å². The second-order valence-electron chi connectivity index (χ2n) is 4.79. The zero-order valence-corrected chi connectivity index (χ0v) is 11.3. The normalized spacial score (nSPS) is 15.6. The zero-order chi connectivity index (χ0) is 13.3. The minimum atomic E-state index is 0.335. The van der Waals surface area contributed by atoms with Gasteiger partial charge in [0.05, 0.1) is 0 Å². The Bertz CT molecular complexity index is 442. The molecule has 0 unspecified atom stereocenters. The van der Waals surface area contributed by atoms with Gasteiger partial charge in [0.15, 0.2) is 0 Å². The van der Waals surface area contributed by atoms with E-state index in [4.69, 9.17) is 10.5 Å². The third-order valence-electron chi connectivity index (χ3n) is 3.16. The number of nitrogens with two attached hydrogens (primary N) is 1. The molecule has 102 valence electrons. The van der Waals surface area contributed by atoms with Crippen molar-refractivity contribution in [2.24, 2.45) is 5.73 Å². The van der Waals surface area contributed by atoms with Crippen LogP contribution >= 0.6 is 0 Å². The summed E-state index contributed by atoms with van der Waals surface area (Å²) in [4.78, 5) is 0. The van der Waals surface area contributed by atoms with Crippen molar-refractivity contribution in [1.29, 1.82) is 0 Å². The number of rotatable bonds is 4. The Morgan fingerprint density at radius 1 is 1.32 bits per heavy atom. The molecule has 1 fully saturated rings. The summed E-state index contributed by atoms with van der Waals surface area (Å²) in [6.07, 6.45) is 4.30. The molecule has 0 saturated carbocycles.